The van der Waals surface area contributed by atoms with E-state index in [-0.39, 0.29) is 18.6 Å². The van der Waals surface area contributed by atoms with Crippen molar-refractivity contribution in [3.8, 4) is 5.75 Å². The van der Waals surface area contributed by atoms with E-state index in [2.05, 4.69) is 24.3 Å². The molecule has 1 aromatic heterocycles. The van der Waals surface area contributed by atoms with E-state index in [1.165, 1.54) is 0 Å². The highest BCUT2D eigenvalue weighted by Crippen LogP contribution is 2.42. The van der Waals surface area contributed by atoms with E-state index in [9.17, 15) is 9.90 Å². The molecule has 128 valence electrons. The Morgan fingerprint density at radius 2 is 2.21 bits per heavy atom. The molecule has 0 spiro atoms. The van der Waals surface area contributed by atoms with Crippen LogP contribution in [0.1, 0.15) is 60.3 Å². The fraction of sp³-hybridized carbons (Fsp3) is 0.444. The van der Waals surface area contributed by atoms with Gasteiger partial charge in [-0.1, -0.05) is 0 Å². The van der Waals surface area contributed by atoms with Crippen molar-refractivity contribution in [3.05, 3.63) is 41.2 Å². The summed E-state index contributed by atoms with van der Waals surface area (Å²) >= 11 is 0. The standard InChI is InChI=1S/C18H23N3O3/c1-11(2)21-17(12-4-5-12)15(9-19-21)18(23)20-14-6-7-16(24-3)13(8-14)10-22/h6-9,11-12,22H,4-5,10H2,1-3H3,(H,20,23). The number of aliphatic hydroxyl groups is 1. The highest BCUT2D eigenvalue weighted by molar-refractivity contribution is 6.05. The zero-order valence-electron chi connectivity index (χ0n) is 14.2. The number of carbonyl (C=O) groups is 1. The van der Waals surface area contributed by atoms with Crippen LogP contribution >= 0.6 is 0 Å². The maximum Gasteiger partial charge on any atom is 0.259 e. The van der Waals surface area contributed by atoms with Gasteiger partial charge in [0.15, 0.2) is 0 Å². The number of amides is 1. The van der Waals surface area contributed by atoms with Gasteiger partial charge in [-0.15, -0.1) is 0 Å². The Balaban J connectivity index is 1.85. The van der Waals surface area contributed by atoms with Gasteiger partial charge in [0.1, 0.15) is 5.75 Å². The second-order valence-electron chi connectivity index (χ2n) is 6.39. The van der Waals surface area contributed by atoms with Crippen molar-refractivity contribution >= 4 is 11.6 Å². The molecule has 1 aromatic carbocycles. The topological polar surface area (TPSA) is 76.4 Å². The summed E-state index contributed by atoms with van der Waals surface area (Å²) in [5.74, 6) is 0.860. The second kappa shape index (κ2) is 6.65. The van der Waals surface area contributed by atoms with Gasteiger partial charge in [-0.05, 0) is 44.9 Å². The average molecular weight is 329 g/mol. The van der Waals surface area contributed by atoms with E-state index >= 15 is 0 Å². The lowest BCUT2D eigenvalue weighted by Gasteiger charge is -2.13. The molecule has 6 heteroatoms. The Hall–Kier alpha value is -2.34. The van der Waals surface area contributed by atoms with Crippen LogP contribution in [0.4, 0.5) is 5.69 Å². The Bertz CT molecular complexity index is 748. The molecule has 3 rings (SSSR count). The molecule has 1 saturated carbocycles. The number of nitrogens with one attached hydrogen (secondary N) is 1. The van der Waals surface area contributed by atoms with Crippen molar-refractivity contribution in [2.75, 3.05) is 12.4 Å². The summed E-state index contributed by atoms with van der Waals surface area (Å²) in [6.07, 6.45) is 3.87. The molecule has 6 nitrogen and oxygen atoms in total. The van der Waals surface area contributed by atoms with Crippen molar-refractivity contribution in [1.29, 1.82) is 0 Å². The number of benzene rings is 1. The highest BCUT2D eigenvalue weighted by Gasteiger charge is 2.33. The molecule has 1 aliphatic rings. The van der Waals surface area contributed by atoms with E-state index in [0.29, 0.717) is 28.5 Å². The first-order chi connectivity index (χ1) is 11.5. The van der Waals surface area contributed by atoms with Crippen molar-refractivity contribution in [3.63, 3.8) is 0 Å². The molecule has 1 amide bonds. The number of hydrogen-bond donors (Lipinski definition) is 2. The zero-order valence-corrected chi connectivity index (χ0v) is 14.2. The van der Waals surface area contributed by atoms with E-state index in [4.69, 9.17) is 4.74 Å². The molecular formula is C18H23N3O3. The molecule has 0 atom stereocenters. The Labute approximate surface area is 141 Å². The monoisotopic (exact) mass is 329 g/mol. The van der Waals surface area contributed by atoms with Crippen LogP contribution in [0.2, 0.25) is 0 Å². The minimum Gasteiger partial charge on any atom is -0.496 e. The van der Waals surface area contributed by atoms with E-state index in [0.717, 1.165) is 18.5 Å². The lowest BCUT2D eigenvalue weighted by molar-refractivity contribution is 0.102. The molecule has 0 saturated heterocycles. The largest absolute Gasteiger partial charge is 0.496 e. The van der Waals surface area contributed by atoms with Gasteiger partial charge in [0.2, 0.25) is 0 Å². The van der Waals surface area contributed by atoms with E-state index in [1.54, 1.807) is 31.5 Å². The molecule has 2 aromatic rings. The Morgan fingerprint density at radius 1 is 1.46 bits per heavy atom. The third-order valence-electron chi connectivity index (χ3n) is 4.24. The molecule has 1 fully saturated rings. The van der Waals surface area contributed by atoms with Gasteiger partial charge in [-0.2, -0.15) is 5.10 Å². The number of aromatic nitrogens is 2. The summed E-state index contributed by atoms with van der Waals surface area (Å²) in [6.45, 7) is 3.99. The minimum absolute atomic E-state index is 0.147. The number of anilines is 1. The van der Waals surface area contributed by atoms with Gasteiger partial charge in [0.25, 0.3) is 5.91 Å². The molecule has 0 unspecified atom stereocenters. The smallest absolute Gasteiger partial charge is 0.259 e. The van der Waals surface area contributed by atoms with Gasteiger partial charge < -0.3 is 15.2 Å². The van der Waals surface area contributed by atoms with Crippen LogP contribution in [-0.4, -0.2) is 27.9 Å². The van der Waals surface area contributed by atoms with Crippen molar-refractivity contribution in [1.82, 2.24) is 9.78 Å². The lowest BCUT2D eigenvalue weighted by Crippen LogP contribution is -2.15. The lowest BCUT2D eigenvalue weighted by atomic mass is 10.1. The first-order valence-electron chi connectivity index (χ1n) is 8.21. The van der Waals surface area contributed by atoms with Crippen LogP contribution in [0.15, 0.2) is 24.4 Å². The fourth-order valence-corrected chi connectivity index (χ4v) is 2.90. The third-order valence-corrected chi connectivity index (χ3v) is 4.24. The van der Waals surface area contributed by atoms with Gasteiger partial charge in [-0.3, -0.25) is 9.48 Å². The first-order valence-corrected chi connectivity index (χ1v) is 8.21. The molecular weight excluding hydrogens is 306 g/mol. The number of rotatable bonds is 6. The third kappa shape index (κ3) is 3.14. The molecule has 0 bridgehead atoms. The predicted octanol–water partition coefficient (Wildman–Crippen LogP) is 3.09. The van der Waals surface area contributed by atoms with Crippen LogP contribution < -0.4 is 10.1 Å². The molecule has 1 aliphatic carbocycles. The number of carbonyl (C=O) groups excluding carboxylic acids is 1. The summed E-state index contributed by atoms with van der Waals surface area (Å²) in [5, 5.41) is 16.7. The van der Waals surface area contributed by atoms with Gasteiger partial charge in [0, 0.05) is 23.2 Å². The molecule has 1 heterocycles. The molecule has 24 heavy (non-hydrogen) atoms. The normalized spacial score (nSPS) is 14.0. The summed E-state index contributed by atoms with van der Waals surface area (Å²) < 4.78 is 7.13. The minimum atomic E-state index is -0.169. The summed E-state index contributed by atoms with van der Waals surface area (Å²) in [7, 11) is 1.55. The van der Waals surface area contributed by atoms with Crippen molar-refractivity contribution in [2.45, 2.75) is 45.3 Å². The average Bonchev–Trinajstić information content (AvgIpc) is 3.31. The summed E-state index contributed by atoms with van der Waals surface area (Å²) in [4.78, 5) is 12.7. The van der Waals surface area contributed by atoms with Crippen LogP contribution in [0.3, 0.4) is 0 Å². The quantitative estimate of drug-likeness (QED) is 0.854. The fourth-order valence-electron chi connectivity index (χ4n) is 2.90. The summed E-state index contributed by atoms with van der Waals surface area (Å²) in [6, 6.07) is 5.45. The van der Waals surface area contributed by atoms with Gasteiger partial charge in [-0.25, -0.2) is 0 Å². The number of nitrogens with zero attached hydrogens (tertiary/aromatic N) is 2. The molecule has 2 N–H and O–H groups in total. The molecule has 0 aliphatic heterocycles. The van der Waals surface area contributed by atoms with Crippen molar-refractivity contribution < 1.29 is 14.6 Å². The van der Waals surface area contributed by atoms with Gasteiger partial charge >= 0.3 is 0 Å². The maximum absolute atomic E-state index is 12.7. The highest BCUT2D eigenvalue weighted by atomic mass is 16.5. The van der Waals surface area contributed by atoms with Crippen LogP contribution in [0, 0.1) is 0 Å². The Kier molecular flexibility index (Phi) is 4.57. The SMILES string of the molecule is COc1ccc(NC(=O)c2cnn(C(C)C)c2C2CC2)cc1CO. The first kappa shape index (κ1) is 16.5. The van der Waals surface area contributed by atoms with E-state index in [1.807, 2.05) is 4.68 Å². The van der Waals surface area contributed by atoms with Crippen molar-refractivity contribution in [2.24, 2.45) is 0 Å². The predicted molar refractivity (Wildman–Crippen MR) is 91.5 cm³/mol. The number of methoxy groups -OCH3 is 1. The number of hydrogen-bond acceptors (Lipinski definition) is 4. The maximum atomic E-state index is 12.7. The second-order valence-corrected chi connectivity index (χ2v) is 6.39. The summed E-state index contributed by atoms with van der Waals surface area (Å²) in [5.41, 5.74) is 2.92. The number of ether oxygens (including phenoxy) is 1. The van der Waals surface area contributed by atoms with Crippen LogP contribution in [0.25, 0.3) is 0 Å². The zero-order chi connectivity index (χ0) is 17.3. The Morgan fingerprint density at radius 3 is 2.79 bits per heavy atom. The van der Waals surface area contributed by atoms with Crippen LogP contribution in [-0.2, 0) is 6.61 Å². The van der Waals surface area contributed by atoms with Crippen LogP contribution in [0.5, 0.6) is 5.75 Å². The number of aliphatic hydroxyl groups excluding tert-OH is 1. The molecule has 0 radical (unpaired) electrons. The van der Waals surface area contributed by atoms with Gasteiger partial charge in [0.05, 0.1) is 31.2 Å². The van der Waals surface area contributed by atoms with E-state index < -0.39 is 0 Å².